The van der Waals surface area contributed by atoms with Crippen molar-refractivity contribution < 1.29 is 32.9 Å². The summed E-state index contributed by atoms with van der Waals surface area (Å²) in [6, 6.07) is 1.10. The molecule has 0 saturated carbocycles. The number of nitrogens with zero attached hydrogens (tertiary/aromatic N) is 3. The third kappa shape index (κ3) is 6.74. The zero-order valence-corrected chi connectivity index (χ0v) is 18.2. The molecule has 1 aromatic heterocycles. The number of carbonyl (C=O) groups excluding carboxylic acids is 1. The number of hydrogen-bond acceptors (Lipinski definition) is 9. The lowest BCUT2D eigenvalue weighted by atomic mass is 10.1. The van der Waals surface area contributed by atoms with Gasteiger partial charge in [0.15, 0.2) is 28.9 Å². The van der Waals surface area contributed by atoms with Gasteiger partial charge in [-0.05, 0) is 0 Å². The van der Waals surface area contributed by atoms with E-state index < -0.39 is 24.1 Å². The van der Waals surface area contributed by atoms with Crippen LogP contribution in [0.15, 0.2) is 35.2 Å². The van der Waals surface area contributed by atoms with Crippen molar-refractivity contribution in [2.24, 2.45) is 10.7 Å². The molecule has 0 radical (unpaired) electrons. The molecule has 2 rings (SSSR count). The van der Waals surface area contributed by atoms with Gasteiger partial charge in [0.05, 0.1) is 38.8 Å². The molecular formula is C20H24F2N6O5. The summed E-state index contributed by atoms with van der Waals surface area (Å²) in [7, 11) is 4.01. The molecule has 1 heterocycles. The smallest absolute Gasteiger partial charge is 0.267 e. The number of carbonyl (C=O) groups is 1. The maximum absolute atomic E-state index is 14.4. The highest BCUT2D eigenvalue weighted by Crippen LogP contribution is 2.31. The number of nitrogens with two attached hydrogens (primary N) is 1. The molecule has 0 aliphatic heterocycles. The van der Waals surface area contributed by atoms with E-state index in [1.54, 1.807) is 0 Å². The number of likely N-dealkylation sites (N-methyl/N-ethyl adjacent to an activating group) is 1. The lowest BCUT2D eigenvalue weighted by Gasteiger charge is -2.13. The largest absolute Gasteiger partial charge is 0.494 e. The van der Waals surface area contributed by atoms with Crippen molar-refractivity contribution in [2.75, 3.05) is 34.4 Å². The Morgan fingerprint density at radius 2 is 1.82 bits per heavy atom. The van der Waals surface area contributed by atoms with Crippen LogP contribution in [0.25, 0.3) is 0 Å². The molecule has 0 aliphatic rings. The second-order valence-corrected chi connectivity index (χ2v) is 6.22. The van der Waals surface area contributed by atoms with Gasteiger partial charge in [0.1, 0.15) is 18.1 Å². The average molecular weight is 466 g/mol. The molecule has 0 unspecified atom stereocenters. The molecular weight excluding hydrogens is 442 g/mol. The summed E-state index contributed by atoms with van der Waals surface area (Å²) in [4.78, 5) is 23.8. The molecule has 5 N–H and O–H groups in total. The van der Waals surface area contributed by atoms with E-state index in [0.717, 1.165) is 6.07 Å². The van der Waals surface area contributed by atoms with E-state index in [2.05, 4.69) is 25.6 Å². The number of methoxy groups -OCH3 is 2. The van der Waals surface area contributed by atoms with Crippen LogP contribution in [0.5, 0.6) is 17.2 Å². The number of ether oxygens (including phenoxy) is 3. The van der Waals surface area contributed by atoms with Crippen molar-refractivity contribution in [3.05, 3.63) is 47.4 Å². The van der Waals surface area contributed by atoms with E-state index in [0.29, 0.717) is 0 Å². The zero-order valence-electron chi connectivity index (χ0n) is 18.2. The van der Waals surface area contributed by atoms with Crippen molar-refractivity contribution in [1.82, 2.24) is 20.6 Å². The Hall–Kier alpha value is -4.00. The predicted octanol–water partition coefficient (Wildman–Crippen LogP) is 0.552. The minimum Gasteiger partial charge on any atom is -0.494 e. The Morgan fingerprint density at radius 1 is 1.21 bits per heavy atom. The molecule has 1 aromatic carbocycles. The van der Waals surface area contributed by atoms with Crippen LogP contribution in [0.4, 0.5) is 14.7 Å². The van der Waals surface area contributed by atoms with E-state index in [1.165, 1.54) is 39.7 Å². The molecule has 0 atom stereocenters. The maximum Gasteiger partial charge on any atom is 0.267 e. The van der Waals surface area contributed by atoms with E-state index in [-0.39, 0.29) is 53.4 Å². The number of hydrogen-bond donors (Lipinski definition) is 4. The van der Waals surface area contributed by atoms with Crippen LogP contribution in [0.1, 0.15) is 5.56 Å². The molecule has 0 saturated heterocycles. The number of aromatic nitrogens is 2. The minimum atomic E-state index is -0.916. The van der Waals surface area contributed by atoms with Crippen molar-refractivity contribution in [3.63, 3.8) is 0 Å². The van der Waals surface area contributed by atoms with E-state index in [4.69, 9.17) is 25.1 Å². The normalized spacial score (nSPS) is 11.7. The SMILES string of the molecule is CN/C(=C\C(N)=Nc1ncc(OCc2c(F)c(OC)cc(OC)c2F)cn1)C(=O)NCCO. The summed E-state index contributed by atoms with van der Waals surface area (Å²) in [6.07, 6.45) is 3.74. The summed E-state index contributed by atoms with van der Waals surface area (Å²) in [5.74, 6) is -2.69. The van der Waals surface area contributed by atoms with Gasteiger partial charge in [0.25, 0.3) is 11.9 Å². The van der Waals surface area contributed by atoms with Crippen molar-refractivity contribution in [2.45, 2.75) is 6.61 Å². The van der Waals surface area contributed by atoms with Crippen molar-refractivity contribution in [1.29, 1.82) is 0 Å². The first-order valence-corrected chi connectivity index (χ1v) is 9.50. The van der Waals surface area contributed by atoms with Gasteiger partial charge in [0, 0.05) is 25.7 Å². The van der Waals surface area contributed by atoms with Crippen LogP contribution in [-0.4, -0.2) is 61.2 Å². The van der Waals surface area contributed by atoms with Gasteiger partial charge in [-0.1, -0.05) is 0 Å². The Labute approximate surface area is 188 Å². The molecule has 0 bridgehead atoms. The number of amidine groups is 1. The number of benzene rings is 1. The van der Waals surface area contributed by atoms with Crippen molar-refractivity contribution >= 4 is 17.7 Å². The third-order valence-electron chi connectivity index (χ3n) is 4.09. The molecule has 13 heteroatoms. The highest BCUT2D eigenvalue weighted by molar-refractivity contribution is 6.02. The van der Waals surface area contributed by atoms with Gasteiger partial charge >= 0.3 is 0 Å². The fraction of sp³-hybridized carbons (Fsp3) is 0.300. The molecule has 1 amide bonds. The molecule has 11 nitrogen and oxygen atoms in total. The first-order valence-electron chi connectivity index (χ1n) is 9.50. The Bertz CT molecular complexity index is 1000. The number of aliphatic hydroxyl groups excluding tert-OH is 1. The van der Waals surface area contributed by atoms with Gasteiger partial charge < -0.3 is 35.7 Å². The van der Waals surface area contributed by atoms with Gasteiger partial charge in [-0.3, -0.25) is 4.79 Å². The molecule has 178 valence electrons. The molecule has 0 spiro atoms. The lowest BCUT2D eigenvalue weighted by molar-refractivity contribution is -0.117. The first-order chi connectivity index (χ1) is 15.8. The van der Waals surface area contributed by atoms with Crippen LogP contribution in [-0.2, 0) is 11.4 Å². The Morgan fingerprint density at radius 3 is 2.33 bits per heavy atom. The van der Waals surface area contributed by atoms with Gasteiger partial charge in [-0.2, -0.15) is 4.99 Å². The fourth-order valence-electron chi connectivity index (χ4n) is 2.47. The predicted molar refractivity (Wildman–Crippen MR) is 114 cm³/mol. The summed E-state index contributed by atoms with van der Waals surface area (Å²) in [5, 5.41) is 13.9. The lowest BCUT2D eigenvalue weighted by Crippen LogP contribution is -2.33. The summed E-state index contributed by atoms with van der Waals surface area (Å²) < 4.78 is 43.9. The number of amides is 1. The third-order valence-corrected chi connectivity index (χ3v) is 4.09. The number of nitrogens with one attached hydrogen (secondary N) is 2. The number of halogens is 2. The van der Waals surface area contributed by atoms with Crippen LogP contribution >= 0.6 is 0 Å². The van der Waals surface area contributed by atoms with Gasteiger partial charge in [-0.15, -0.1) is 0 Å². The summed E-state index contributed by atoms with van der Waals surface area (Å²) >= 11 is 0. The second kappa shape index (κ2) is 12.1. The molecule has 0 aliphatic carbocycles. The van der Waals surface area contributed by atoms with E-state index >= 15 is 0 Å². The van der Waals surface area contributed by atoms with E-state index in [9.17, 15) is 13.6 Å². The van der Waals surface area contributed by atoms with Crippen LogP contribution in [0, 0.1) is 11.6 Å². The second-order valence-electron chi connectivity index (χ2n) is 6.22. The van der Waals surface area contributed by atoms with E-state index in [1.807, 2.05) is 0 Å². The van der Waals surface area contributed by atoms with Crippen LogP contribution in [0.2, 0.25) is 0 Å². The first kappa shape index (κ1) is 25.3. The fourth-order valence-corrected chi connectivity index (χ4v) is 2.47. The Kier molecular flexibility index (Phi) is 9.30. The summed E-state index contributed by atoms with van der Waals surface area (Å²) in [6.45, 7) is -0.606. The van der Waals surface area contributed by atoms with Crippen molar-refractivity contribution in [3.8, 4) is 17.2 Å². The van der Waals surface area contributed by atoms with Crippen LogP contribution < -0.4 is 30.6 Å². The van der Waals surface area contributed by atoms with Gasteiger partial charge in [-0.25, -0.2) is 18.7 Å². The molecule has 0 fully saturated rings. The maximum atomic E-state index is 14.4. The number of aliphatic imine (C=N–C) groups is 1. The monoisotopic (exact) mass is 466 g/mol. The number of aliphatic hydroxyl groups is 1. The number of rotatable bonds is 11. The standard InChI is InChI=1S/C20H24F2N6O5/c1-24-13(19(30)25-4-5-29)6-16(23)28-20-26-8-11(9-27-20)33-10-12-17(21)14(31-2)7-15(32-3)18(12)22/h6-9,24,29H,4-5,10H2,1-3H3,(H,25,30)(H2,23,26,27,28)/b13-6-. The minimum absolute atomic E-state index is 0.0391. The Balaban J connectivity index is 2.12. The van der Waals surface area contributed by atoms with Crippen LogP contribution in [0.3, 0.4) is 0 Å². The molecule has 2 aromatic rings. The zero-order chi connectivity index (χ0) is 24.4. The average Bonchev–Trinajstić information content (AvgIpc) is 2.82. The quantitative estimate of drug-likeness (QED) is 0.211. The highest BCUT2D eigenvalue weighted by atomic mass is 19.1. The topological polar surface area (TPSA) is 153 Å². The molecule has 33 heavy (non-hydrogen) atoms. The summed E-state index contributed by atoms with van der Waals surface area (Å²) in [5.41, 5.74) is 5.52. The highest BCUT2D eigenvalue weighted by Gasteiger charge is 2.20. The van der Waals surface area contributed by atoms with Gasteiger partial charge in [0.2, 0.25) is 0 Å².